The summed E-state index contributed by atoms with van der Waals surface area (Å²) in [5.41, 5.74) is 0.317. The number of hydrogen-bond donors (Lipinski definition) is 3. The highest BCUT2D eigenvalue weighted by molar-refractivity contribution is 5.92. The maximum atomic E-state index is 13.8. The van der Waals surface area contributed by atoms with E-state index >= 15 is 0 Å². The maximum Gasteiger partial charge on any atom is 0.408 e. The number of esters is 1. The summed E-state index contributed by atoms with van der Waals surface area (Å²) in [4.78, 5) is 53.1. The van der Waals surface area contributed by atoms with E-state index in [-0.39, 0.29) is 31.9 Å². The number of aromatic hydroxyl groups is 1. The molecule has 3 amide bonds. The van der Waals surface area contributed by atoms with Crippen LogP contribution in [0.15, 0.2) is 18.2 Å². The van der Waals surface area contributed by atoms with Crippen molar-refractivity contribution in [3.63, 3.8) is 0 Å². The van der Waals surface area contributed by atoms with E-state index < -0.39 is 41.6 Å². The Labute approximate surface area is 239 Å². The van der Waals surface area contributed by atoms with Gasteiger partial charge in [-0.2, -0.15) is 0 Å². The first kappa shape index (κ1) is 34.7. The van der Waals surface area contributed by atoms with Crippen LogP contribution >= 0.6 is 0 Å². The summed E-state index contributed by atoms with van der Waals surface area (Å²) in [7, 11) is 0. The van der Waals surface area contributed by atoms with E-state index in [1.807, 2.05) is 0 Å². The molecular weight excluding hydrogens is 514 g/mol. The normalized spacial score (nSPS) is 12.7. The van der Waals surface area contributed by atoms with E-state index in [0.29, 0.717) is 17.5 Å². The average Bonchev–Trinajstić information content (AvgIpc) is 2.85. The number of hydrogen-bond acceptors (Lipinski definition) is 7. The van der Waals surface area contributed by atoms with Crippen molar-refractivity contribution in [2.24, 2.45) is 0 Å². The zero-order valence-corrected chi connectivity index (χ0v) is 25.3. The molecule has 0 radical (unpaired) electrons. The molecular formula is C30H49N3O7. The van der Waals surface area contributed by atoms with Crippen molar-refractivity contribution in [1.29, 1.82) is 0 Å². The number of aryl methyl sites for hydroxylation is 1. The number of unbranched alkanes of at least 4 members (excludes halogenated alkanes) is 5. The molecule has 0 bridgehead atoms. The van der Waals surface area contributed by atoms with Gasteiger partial charge in [-0.05, 0) is 71.2 Å². The van der Waals surface area contributed by atoms with Crippen LogP contribution in [0, 0.1) is 6.92 Å². The van der Waals surface area contributed by atoms with Gasteiger partial charge in [-0.3, -0.25) is 14.4 Å². The van der Waals surface area contributed by atoms with Gasteiger partial charge in [-0.15, -0.1) is 0 Å². The molecule has 0 aliphatic rings. The summed E-state index contributed by atoms with van der Waals surface area (Å²) in [5.74, 6) is -1.29. The van der Waals surface area contributed by atoms with Crippen molar-refractivity contribution in [3.8, 4) is 5.75 Å². The summed E-state index contributed by atoms with van der Waals surface area (Å²) >= 11 is 0. The Bertz CT molecular complexity index is 975. The number of carbonyl (C=O) groups excluding carboxylic acids is 4. The first-order valence-electron chi connectivity index (χ1n) is 14.3. The highest BCUT2D eigenvalue weighted by Gasteiger charge is 2.34. The lowest BCUT2D eigenvalue weighted by molar-refractivity contribution is -0.144. The average molecular weight is 564 g/mol. The number of nitrogens with zero attached hydrogens (tertiary/aromatic N) is 1. The second-order valence-electron chi connectivity index (χ2n) is 11.0. The van der Waals surface area contributed by atoms with Crippen LogP contribution in [0.4, 0.5) is 4.79 Å². The van der Waals surface area contributed by atoms with Gasteiger partial charge in [0.05, 0.1) is 13.0 Å². The predicted molar refractivity (Wildman–Crippen MR) is 154 cm³/mol. The molecule has 2 atom stereocenters. The van der Waals surface area contributed by atoms with Crippen LogP contribution in [0.25, 0.3) is 0 Å². The topological polar surface area (TPSA) is 134 Å². The molecule has 0 heterocycles. The third-order valence-electron chi connectivity index (χ3n) is 6.17. The van der Waals surface area contributed by atoms with E-state index in [0.717, 1.165) is 32.1 Å². The van der Waals surface area contributed by atoms with Gasteiger partial charge in [-0.1, -0.05) is 45.1 Å². The van der Waals surface area contributed by atoms with E-state index in [4.69, 9.17) is 9.47 Å². The van der Waals surface area contributed by atoms with Crippen molar-refractivity contribution >= 4 is 23.9 Å². The molecule has 0 aromatic heterocycles. The van der Waals surface area contributed by atoms with Gasteiger partial charge in [0.25, 0.3) is 0 Å². The number of rotatable bonds is 16. The molecule has 0 saturated heterocycles. The third-order valence-corrected chi connectivity index (χ3v) is 6.17. The first-order valence-corrected chi connectivity index (χ1v) is 14.3. The van der Waals surface area contributed by atoms with Gasteiger partial charge < -0.3 is 30.1 Å². The number of phenols is 1. The molecule has 10 heteroatoms. The quantitative estimate of drug-likeness (QED) is 0.192. The highest BCUT2D eigenvalue weighted by Crippen LogP contribution is 2.27. The summed E-state index contributed by atoms with van der Waals surface area (Å²) in [5, 5.41) is 15.4. The monoisotopic (exact) mass is 563 g/mol. The van der Waals surface area contributed by atoms with Crippen molar-refractivity contribution in [3.05, 3.63) is 29.3 Å². The van der Waals surface area contributed by atoms with Crippen LogP contribution in [0.2, 0.25) is 0 Å². The lowest BCUT2D eigenvalue weighted by Gasteiger charge is -2.34. The van der Waals surface area contributed by atoms with Crippen LogP contribution in [0.3, 0.4) is 0 Å². The van der Waals surface area contributed by atoms with Gasteiger partial charge >= 0.3 is 12.1 Å². The number of alkyl carbamates (subject to hydrolysis) is 1. The molecule has 3 N–H and O–H groups in total. The summed E-state index contributed by atoms with van der Waals surface area (Å²) in [6, 6.07) is 2.74. The van der Waals surface area contributed by atoms with Crippen LogP contribution < -0.4 is 10.6 Å². The molecule has 1 rings (SSSR count). The molecule has 1 aromatic rings. The molecule has 0 spiro atoms. The Morgan fingerprint density at radius 1 is 1.02 bits per heavy atom. The van der Waals surface area contributed by atoms with Crippen LogP contribution in [-0.2, 0) is 23.9 Å². The van der Waals surface area contributed by atoms with E-state index in [1.54, 1.807) is 53.7 Å². The van der Waals surface area contributed by atoms with E-state index in [2.05, 4.69) is 17.6 Å². The first-order chi connectivity index (χ1) is 18.8. The zero-order chi connectivity index (χ0) is 30.3. The molecule has 0 saturated carbocycles. The summed E-state index contributed by atoms with van der Waals surface area (Å²) < 4.78 is 10.3. The Hall–Kier alpha value is -3.30. The summed E-state index contributed by atoms with van der Waals surface area (Å²) in [6.45, 7) is 12.9. The molecule has 10 nitrogen and oxygen atoms in total. The molecule has 226 valence electrons. The van der Waals surface area contributed by atoms with Crippen molar-refractivity contribution in [2.75, 3.05) is 19.7 Å². The minimum atomic E-state index is -1.05. The molecule has 40 heavy (non-hydrogen) atoms. The molecule has 0 aliphatic heterocycles. The minimum absolute atomic E-state index is 0.0110. The number of benzene rings is 1. The number of ether oxygens (including phenoxy) is 2. The van der Waals surface area contributed by atoms with Crippen molar-refractivity contribution in [2.45, 2.75) is 111 Å². The minimum Gasteiger partial charge on any atom is -0.508 e. The summed E-state index contributed by atoms with van der Waals surface area (Å²) in [6.07, 6.45) is 5.16. The third kappa shape index (κ3) is 12.7. The fourth-order valence-electron chi connectivity index (χ4n) is 4.16. The lowest BCUT2D eigenvalue weighted by Crippen LogP contribution is -2.52. The van der Waals surface area contributed by atoms with E-state index in [9.17, 15) is 24.3 Å². The SMILES string of the molecule is CCCCCCCCN(C(=O)C(C)NC(=O)OC(C)(C)C)C(C(=O)NCCC(=O)OCC)c1ccc(O)c(C)c1. The molecule has 2 unspecified atom stereocenters. The van der Waals surface area contributed by atoms with Gasteiger partial charge in [0.2, 0.25) is 11.8 Å². The number of carbonyl (C=O) groups is 4. The Kier molecular flexibility index (Phi) is 15.1. The number of phenolic OH excluding ortho intramolecular Hbond substituents is 1. The van der Waals surface area contributed by atoms with Gasteiger partial charge in [0.1, 0.15) is 23.4 Å². The fourth-order valence-corrected chi connectivity index (χ4v) is 4.16. The fraction of sp³-hybridized carbons (Fsp3) is 0.667. The highest BCUT2D eigenvalue weighted by atomic mass is 16.6. The van der Waals surface area contributed by atoms with Crippen LogP contribution in [0.5, 0.6) is 5.75 Å². The second kappa shape index (κ2) is 17.4. The molecule has 0 aliphatic carbocycles. The van der Waals surface area contributed by atoms with Crippen molar-refractivity contribution < 1.29 is 33.8 Å². The van der Waals surface area contributed by atoms with Crippen LogP contribution in [-0.4, -0.2) is 65.2 Å². The van der Waals surface area contributed by atoms with Crippen LogP contribution in [0.1, 0.15) is 104 Å². The molecule has 1 aromatic carbocycles. The standard InChI is InChI=1S/C30H49N3O7/c1-8-10-11-12-13-14-19-33(28(37)22(4)32-29(38)40-30(5,6)7)26(23-15-16-24(34)21(3)20-23)27(36)31-18-17-25(35)39-9-2/h15-16,20,22,26,34H,8-14,17-19H2,1-7H3,(H,31,36)(H,32,38). The predicted octanol–water partition coefficient (Wildman–Crippen LogP) is 4.91. The molecule has 0 fully saturated rings. The Morgan fingerprint density at radius 3 is 2.27 bits per heavy atom. The number of amides is 3. The van der Waals surface area contributed by atoms with Gasteiger partial charge in [-0.25, -0.2) is 4.79 Å². The largest absolute Gasteiger partial charge is 0.508 e. The van der Waals surface area contributed by atoms with Crippen molar-refractivity contribution in [1.82, 2.24) is 15.5 Å². The Balaban J connectivity index is 3.29. The maximum absolute atomic E-state index is 13.8. The smallest absolute Gasteiger partial charge is 0.408 e. The lowest BCUT2D eigenvalue weighted by atomic mass is 9.99. The Morgan fingerprint density at radius 2 is 1.68 bits per heavy atom. The number of nitrogens with one attached hydrogen (secondary N) is 2. The van der Waals surface area contributed by atoms with Gasteiger partial charge in [0, 0.05) is 13.1 Å². The zero-order valence-electron chi connectivity index (χ0n) is 25.3. The van der Waals surface area contributed by atoms with Gasteiger partial charge in [0.15, 0.2) is 0 Å². The second-order valence-corrected chi connectivity index (χ2v) is 11.0. The van der Waals surface area contributed by atoms with E-state index in [1.165, 1.54) is 11.0 Å².